The molecule has 0 saturated heterocycles. The molecule has 0 aliphatic carbocycles. The fourth-order valence-corrected chi connectivity index (χ4v) is 1.75. The molecule has 0 saturated carbocycles. The van der Waals surface area contributed by atoms with E-state index >= 15 is 0 Å². The van der Waals surface area contributed by atoms with E-state index in [4.69, 9.17) is 4.74 Å². The zero-order chi connectivity index (χ0) is 15.1. The summed E-state index contributed by atoms with van der Waals surface area (Å²) in [6, 6.07) is 9.02. The maximum Gasteiger partial charge on any atom is 0.356 e. The van der Waals surface area contributed by atoms with E-state index < -0.39 is 5.97 Å². The molecule has 0 aliphatic rings. The number of esters is 1. The predicted molar refractivity (Wildman–Crippen MR) is 79.2 cm³/mol. The van der Waals surface area contributed by atoms with Crippen molar-refractivity contribution in [3.05, 3.63) is 42.2 Å². The molecule has 0 atom stereocenters. The van der Waals surface area contributed by atoms with Gasteiger partial charge in [-0.25, -0.2) is 14.8 Å². The van der Waals surface area contributed by atoms with Crippen molar-refractivity contribution in [2.75, 3.05) is 13.7 Å². The van der Waals surface area contributed by atoms with Gasteiger partial charge >= 0.3 is 5.97 Å². The number of methoxy groups -OCH3 is 1. The van der Waals surface area contributed by atoms with Gasteiger partial charge in [0, 0.05) is 11.8 Å². The van der Waals surface area contributed by atoms with Gasteiger partial charge in [-0.05, 0) is 36.8 Å². The van der Waals surface area contributed by atoms with Crippen molar-refractivity contribution in [2.45, 2.75) is 19.8 Å². The molecule has 0 radical (unpaired) electrons. The van der Waals surface area contributed by atoms with E-state index in [0.29, 0.717) is 12.4 Å². The summed E-state index contributed by atoms with van der Waals surface area (Å²) in [5, 5.41) is 0. The van der Waals surface area contributed by atoms with Crippen molar-refractivity contribution in [1.29, 1.82) is 0 Å². The molecule has 0 unspecified atom stereocenters. The van der Waals surface area contributed by atoms with Crippen LogP contribution in [0.2, 0.25) is 0 Å². The molecule has 1 heterocycles. The van der Waals surface area contributed by atoms with E-state index in [1.54, 1.807) is 6.20 Å². The van der Waals surface area contributed by atoms with Gasteiger partial charge in [0.15, 0.2) is 11.5 Å². The smallest absolute Gasteiger partial charge is 0.356 e. The Balaban J connectivity index is 2.13. The fraction of sp³-hybridized carbons (Fsp3) is 0.312. The summed E-state index contributed by atoms with van der Waals surface area (Å²) in [7, 11) is 1.33. The SMILES string of the molecule is CCCCOc1ccc(-c2nccc(C(=O)OC)n2)cc1. The molecular formula is C16H18N2O3. The molecule has 0 N–H and O–H groups in total. The van der Waals surface area contributed by atoms with Crippen LogP contribution in [0.5, 0.6) is 5.75 Å². The third-order valence-corrected chi connectivity index (χ3v) is 2.93. The van der Waals surface area contributed by atoms with Gasteiger partial charge in [-0.2, -0.15) is 0 Å². The average molecular weight is 286 g/mol. The lowest BCUT2D eigenvalue weighted by Gasteiger charge is -2.06. The minimum atomic E-state index is -0.474. The average Bonchev–Trinajstić information content (AvgIpc) is 2.55. The molecule has 0 spiro atoms. The van der Waals surface area contributed by atoms with Crippen molar-refractivity contribution in [1.82, 2.24) is 9.97 Å². The Morgan fingerprint density at radius 1 is 1.19 bits per heavy atom. The van der Waals surface area contributed by atoms with E-state index in [-0.39, 0.29) is 5.69 Å². The Morgan fingerprint density at radius 3 is 2.62 bits per heavy atom. The topological polar surface area (TPSA) is 61.3 Å². The minimum absolute atomic E-state index is 0.241. The number of unbranched alkanes of at least 4 members (excludes halogenated alkanes) is 1. The number of carbonyl (C=O) groups excluding carboxylic acids is 1. The Kier molecular flexibility index (Phi) is 5.26. The maximum absolute atomic E-state index is 11.5. The van der Waals surface area contributed by atoms with E-state index in [0.717, 1.165) is 24.2 Å². The van der Waals surface area contributed by atoms with Crippen LogP contribution in [0.1, 0.15) is 30.3 Å². The minimum Gasteiger partial charge on any atom is -0.494 e. The first-order valence-electron chi connectivity index (χ1n) is 6.89. The molecule has 0 amide bonds. The summed E-state index contributed by atoms with van der Waals surface area (Å²) in [5.41, 5.74) is 1.06. The molecule has 5 nitrogen and oxygen atoms in total. The third kappa shape index (κ3) is 4.02. The standard InChI is InChI=1S/C16H18N2O3/c1-3-4-11-21-13-7-5-12(6-8-13)15-17-10-9-14(18-15)16(19)20-2/h5-10H,3-4,11H2,1-2H3. The number of ether oxygens (including phenoxy) is 2. The van der Waals surface area contributed by atoms with E-state index in [2.05, 4.69) is 21.6 Å². The Hall–Kier alpha value is -2.43. The molecule has 1 aromatic heterocycles. The second-order valence-corrected chi connectivity index (χ2v) is 4.48. The van der Waals surface area contributed by atoms with Crippen LogP contribution >= 0.6 is 0 Å². The van der Waals surface area contributed by atoms with Gasteiger partial charge in [-0.1, -0.05) is 13.3 Å². The molecule has 21 heavy (non-hydrogen) atoms. The summed E-state index contributed by atoms with van der Waals surface area (Å²) in [4.78, 5) is 19.8. The highest BCUT2D eigenvalue weighted by molar-refractivity contribution is 5.87. The molecule has 2 rings (SSSR count). The lowest BCUT2D eigenvalue weighted by Crippen LogP contribution is -2.05. The third-order valence-electron chi connectivity index (χ3n) is 2.93. The Morgan fingerprint density at radius 2 is 1.95 bits per heavy atom. The lowest BCUT2D eigenvalue weighted by atomic mass is 10.2. The summed E-state index contributed by atoms with van der Waals surface area (Å²) >= 11 is 0. The van der Waals surface area contributed by atoms with E-state index in [1.807, 2.05) is 24.3 Å². The maximum atomic E-state index is 11.5. The first-order valence-corrected chi connectivity index (χ1v) is 6.89. The van der Waals surface area contributed by atoms with Crippen LogP contribution in [-0.4, -0.2) is 29.7 Å². The number of rotatable bonds is 6. The molecule has 0 aliphatic heterocycles. The van der Waals surface area contributed by atoms with Gasteiger partial charge in [-0.3, -0.25) is 0 Å². The molecular weight excluding hydrogens is 268 g/mol. The normalized spacial score (nSPS) is 10.2. The zero-order valence-electron chi connectivity index (χ0n) is 12.2. The van der Waals surface area contributed by atoms with E-state index in [9.17, 15) is 4.79 Å². The van der Waals surface area contributed by atoms with Crippen molar-refractivity contribution >= 4 is 5.97 Å². The van der Waals surface area contributed by atoms with Crippen LogP contribution in [0.3, 0.4) is 0 Å². The van der Waals surface area contributed by atoms with Crippen molar-refractivity contribution < 1.29 is 14.3 Å². The molecule has 0 fully saturated rings. The van der Waals surface area contributed by atoms with Crippen LogP contribution in [0, 0.1) is 0 Å². The molecule has 5 heteroatoms. The number of aromatic nitrogens is 2. The van der Waals surface area contributed by atoms with Crippen LogP contribution in [0.4, 0.5) is 0 Å². The second-order valence-electron chi connectivity index (χ2n) is 4.48. The van der Waals surface area contributed by atoms with Crippen LogP contribution in [0.25, 0.3) is 11.4 Å². The second kappa shape index (κ2) is 7.38. The summed E-state index contributed by atoms with van der Waals surface area (Å²) in [6.45, 7) is 2.84. The Labute approximate surface area is 124 Å². The quantitative estimate of drug-likeness (QED) is 0.603. The molecule has 0 bridgehead atoms. The number of nitrogens with zero attached hydrogens (tertiary/aromatic N) is 2. The first kappa shape index (κ1) is 15.0. The highest BCUT2D eigenvalue weighted by atomic mass is 16.5. The summed E-state index contributed by atoms with van der Waals surface area (Å²) in [5.74, 6) is 0.826. The van der Waals surface area contributed by atoms with Gasteiger partial charge in [0.2, 0.25) is 0 Å². The zero-order valence-corrected chi connectivity index (χ0v) is 12.2. The molecule has 1 aromatic carbocycles. The van der Waals surface area contributed by atoms with Crippen molar-refractivity contribution in [2.24, 2.45) is 0 Å². The fourth-order valence-electron chi connectivity index (χ4n) is 1.75. The Bertz CT molecular complexity index is 597. The van der Waals surface area contributed by atoms with Gasteiger partial charge in [0.1, 0.15) is 5.75 Å². The van der Waals surface area contributed by atoms with Crippen LogP contribution < -0.4 is 4.74 Å². The van der Waals surface area contributed by atoms with Crippen LogP contribution in [0.15, 0.2) is 36.5 Å². The van der Waals surface area contributed by atoms with Crippen molar-refractivity contribution in [3.63, 3.8) is 0 Å². The molecule has 2 aromatic rings. The number of hydrogen-bond acceptors (Lipinski definition) is 5. The first-order chi connectivity index (χ1) is 10.2. The molecule has 110 valence electrons. The summed E-state index contributed by atoms with van der Waals surface area (Å²) in [6.07, 6.45) is 3.68. The van der Waals surface area contributed by atoms with Crippen molar-refractivity contribution in [3.8, 4) is 17.1 Å². The van der Waals surface area contributed by atoms with Gasteiger partial charge in [0.25, 0.3) is 0 Å². The van der Waals surface area contributed by atoms with Crippen LogP contribution in [-0.2, 0) is 4.74 Å². The highest BCUT2D eigenvalue weighted by Crippen LogP contribution is 2.19. The summed E-state index contributed by atoms with van der Waals surface area (Å²) < 4.78 is 10.3. The monoisotopic (exact) mass is 286 g/mol. The largest absolute Gasteiger partial charge is 0.494 e. The van der Waals surface area contributed by atoms with E-state index in [1.165, 1.54) is 13.2 Å². The predicted octanol–water partition coefficient (Wildman–Crippen LogP) is 3.11. The lowest BCUT2D eigenvalue weighted by molar-refractivity contribution is 0.0594. The van der Waals surface area contributed by atoms with Gasteiger partial charge in [-0.15, -0.1) is 0 Å². The highest BCUT2D eigenvalue weighted by Gasteiger charge is 2.09. The number of hydrogen-bond donors (Lipinski definition) is 0. The number of carbonyl (C=O) groups is 1. The van der Waals surface area contributed by atoms with Gasteiger partial charge < -0.3 is 9.47 Å². The number of benzene rings is 1. The van der Waals surface area contributed by atoms with Gasteiger partial charge in [0.05, 0.1) is 13.7 Å².